The van der Waals surface area contributed by atoms with Gasteiger partial charge in [0.15, 0.2) is 0 Å². The van der Waals surface area contributed by atoms with Crippen LogP contribution in [0.25, 0.3) is 0 Å². The lowest BCUT2D eigenvalue weighted by atomic mass is 9.96. The lowest BCUT2D eigenvalue weighted by molar-refractivity contribution is 0.510. The van der Waals surface area contributed by atoms with Crippen LogP contribution in [-0.2, 0) is 12.8 Å². The van der Waals surface area contributed by atoms with E-state index in [2.05, 4.69) is 4.98 Å². The van der Waals surface area contributed by atoms with E-state index in [0.717, 1.165) is 30.7 Å². The highest BCUT2D eigenvalue weighted by molar-refractivity contribution is 5.19. The summed E-state index contributed by atoms with van der Waals surface area (Å²) in [5.74, 6) is 0. The lowest BCUT2D eigenvalue weighted by Crippen LogP contribution is -2.29. The van der Waals surface area contributed by atoms with Gasteiger partial charge in [-0.15, -0.1) is 0 Å². The number of hydrogen-bond donors (Lipinski definition) is 2. The molecule has 1 unspecified atom stereocenters. The van der Waals surface area contributed by atoms with Crippen molar-refractivity contribution in [3.05, 3.63) is 21.9 Å². The van der Waals surface area contributed by atoms with Crippen LogP contribution in [0.3, 0.4) is 0 Å². The molecule has 3 N–H and O–H groups in total. The zero-order chi connectivity index (χ0) is 10.3. The lowest BCUT2D eigenvalue weighted by Gasteiger charge is -2.20. The maximum absolute atomic E-state index is 11.6. The van der Waals surface area contributed by atoms with Crippen molar-refractivity contribution in [1.82, 2.24) is 9.55 Å². The van der Waals surface area contributed by atoms with Crippen molar-refractivity contribution in [1.29, 1.82) is 0 Å². The number of nitrogens with zero attached hydrogens (tertiary/aromatic N) is 1. The number of H-pyrrole nitrogens is 1. The fraction of sp³-hybridized carbons (Fsp3) is 0.700. The van der Waals surface area contributed by atoms with Crippen LogP contribution in [-0.4, -0.2) is 15.6 Å². The first kappa shape index (κ1) is 9.52. The third-order valence-electron chi connectivity index (χ3n) is 2.85. The molecule has 2 rings (SSSR count). The van der Waals surface area contributed by atoms with Gasteiger partial charge in [0.2, 0.25) is 0 Å². The van der Waals surface area contributed by atoms with E-state index in [1.165, 1.54) is 0 Å². The first-order valence-electron chi connectivity index (χ1n) is 5.17. The summed E-state index contributed by atoms with van der Waals surface area (Å²) in [5, 5.41) is 0. The smallest absolute Gasteiger partial charge is 0.326 e. The Bertz CT molecular complexity index is 389. The summed E-state index contributed by atoms with van der Waals surface area (Å²) >= 11 is 0. The van der Waals surface area contributed by atoms with Crippen LogP contribution in [0.5, 0.6) is 0 Å². The largest absolute Gasteiger partial charge is 0.327 e. The average Bonchev–Trinajstić information content (AvgIpc) is 2.39. The summed E-state index contributed by atoms with van der Waals surface area (Å²) in [7, 11) is 0. The molecule has 0 aromatic carbocycles. The van der Waals surface area contributed by atoms with Gasteiger partial charge >= 0.3 is 5.69 Å². The zero-order valence-electron chi connectivity index (χ0n) is 8.71. The van der Waals surface area contributed by atoms with Gasteiger partial charge in [-0.05, 0) is 26.7 Å². The van der Waals surface area contributed by atoms with Gasteiger partial charge in [0.25, 0.3) is 0 Å². The van der Waals surface area contributed by atoms with Crippen LogP contribution < -0.4 is 11.4 Å². The fourth-order valence-corrected chi connectivity index (χ4v) is 2.20. The van der Waals surface area contributed by atoms with Gasteiger partial charge in [0.05, 0.1) is 0 Å². The Hall–Kier alpha value is -1.03. The van der Waals surface area contributed by atoms with E-state index in [0.29, 0.717) is 0 Å². The van der Waals surface area contributed by atoms with E-state index >= 15 is 0 Å². The Labute approximate surface area is 83.1 Å². The Morgan fingerprint density at radius 1 is 1.57 bits per heavy atom. The minimum atomic E-state index is 0.0131. The number of aromatic amines is 1. The van der Waals surface area contributed by atoms with Gasteiger partial charge in [-0.25, -0.2) is 4.79 Å². The molecule has 1 atom stereocenters. The van der Waals surface area contributed by atoms with Gasteiger partial charge in [-0.2, -0.15) is 0 Å². The molecule has 1 heterocycles. The SMILES string of the molecule is CC(C)n1c2c([nH]c1=O)CC(N)CC2. The Morgan fingerprint density at radius 3 is 2.93 bits per heavy atom. The monoisotopic (exact) mass is 195 g/mol. The summed E-state index contributed by atoms with van der Waals surface area (Å²) in [6, 6.07) is 0.443. The third kappa shape index (κ3) is 1.39. The molecule has 0 bridgehead atoms. The van der Waals surface area contributed by atoms with Gasteiger partial charge < -0.3 is 10.7 Å². The Kier molecular flexibility index (Phi) is 2.23. The van der Waals surface area contributed by atoms with Crippen molar-refractivity contribution in [2.75, 3.05) is 0 Å². The number of nitrogens with two attached hydrogens (primary N) is 1. The second kappa shape index (κ2) is 3.28. The molecule has 1 aromatic rings. The van der Waals surface area contributed by atoms with Crippen molar-refractivity contribution in [2.24, 2.45) is 5.73 Å². The van der Waals surface area contributed by atoms with Crippen molar-refractivity contribution in [2.45, 2.75) is 45.2 Å². The molecule has 0 spiro atoms. The number of imidazole rings is 1. The van der Waals surface area contributed by atoms with Crippen molar-refractivity contribution >= 4 is 0 Å². The van der Waals surface area contributed by atoms with Gasteiger partial charge in [-0.3, -0.25) is 4.57 Å². The van der Waals surface area contributed by atoms with Gasteiger partial charge in [-0.1, -0.05) is 0 Å². The first-order valence-corrected chi connectivity index (χ1v) is 5.17. The number of fused-ring (bicyclic) bond motifs is 1. The molecule has 0 saturated carbocycles. The van der Waals surface area contributed by atoms with E-state index in [-0.39, 0.29) is 17.8 Å². The molecule has 0 aliphatic heterocycles. The Morgan fingerprint density at radius 2 is 2.29 bits per heavy atom. The van der Waals surface area contributed by atoms with Crippen molar-refractivity contribution in [3.8, 4) is 0 Å². The van der Waals surface area contributed by atoms with Crippen LogP contribution >= 0.6 is 0 Å². The molecule has 14 heavy (non-hydrogen) atoms. The minimum absolute atomic E-state index is 0.0131. The highest BCUT2D eigenvalue weighted by Gasteiger charge is 2.22. The first-order chi connectivity index (χ1) is 6.59. The van der Waals surface area contributed by atoms with E-state index < -0.39 is 0 Å². The van der Waals surface area contributed by atoms with Gasteiger partial charge in [0, 0.05) is 29.9 Å². The summed E-state index contributed by atoms with van der Waals surface area (Å²) in [5.41, 5.74) is 8.07. The summed E-state index contributed by atoms with van der Waals surface area (Å²) < 4.78 is 1.85. The topological polar surface area (TPSA) is 63.8 Å². The number of nitrogens with one attached hydrogen (secondary N) is 1. The molecule has 4 heteroatoms. The van der Waals surface area contributed by atoms with E-state index in [1.54, 1.807) is 0 Å². The fourth-order valence-electron chi connectivity index (χ4n) is 2.20. The van der Waals surface area contributed by atoms with Crippen molar-refractivity contribution < 1.29 is 0 Å². The number of aromatic nitrogens is 2. The molecule has 1 aromatic heterocycles. The molecule has 4 nitrogen and oxygen atoms in total. The molecule has 0 saturated heterocycles. The average molecular weight is 195 g/mol. The standard InChI is InChI=1S/C10H17N3O/c1-6(2)13-9-4-3-7(11)5-8(9)12-10(13)14/h6-7H,3-5,11H2,1-2H3,(H,12,14). The van der Waals surface area contributed by atoms with Crippen LogP contribution in [0, 0.1) is 0 Å². The predicted molar refractivity (Wildman–Crippen MR) is 55.4 cm³/mol. The number of rotatable bonds is 1. The van der Waals surface area contributed by atoms with Crippen LogP contribution in [0.15, 0.2) is 4.79 Å². The minimum Gasteiger partial charge on any atom is -0.327 e. The second-order valence-corrected chi connectivity index (χ2v) is 4.32. The summed E-state index contributed by atoms with van der Waals surface area (Å²) in [6.07, 6.45) is 2.72. The highest BCUT2D eigenvalue weighted by atomic mass is 16.1. The van der Waals surface area contributed by atoms with E-state index in [1.807, 2.05) is 18.4 Å². The van der Waals surface area contributed by atoms with Crippen molar-refractivity contribution in [3.63, 3.8) is 0 Å². The van der Waals surface area contributed by atoms with Crippen LogP contribution in [0.1, 0.15) is 37.7 Å². The third-order valence-corrected chi connectivity index (χ3v) is 2.85. The number of hydrogen-bond acceptors (Lipinski definition) is 2. The normalized spacial score (nSPS) is 21.3. The maximum Gasteiger partial charge on any atom is 0.326 e. The molecule has 0 fully saturated rings. The molecule has 1 aliphatic rings. The molecular weight excluding hydrogens is 178 g/mol. The molecular formula is C10H17N3O. The second-order valence-electron chi connectivity index (χ2n) is 4.32. The highest BCUT2D eigenvalue weighted by Crippen LogP contribution is 2.19. The molecule has 0 amide bonds. The van der Waals surface area contributed by atoms with E-state index in [4.69, 9.17) is 5.73 Å². The predicted octanol–water partition coefficient (Wildman–Crippen LogP) is 0.573. The van der Waals surface area contributed by atoms with Crippen LogP contribution in [0.4, 0.5) is 0 Å². The van der Waals surface area contributed by atoms with Crippen LogP contribution in [0.2, 0.25) is 0 Å². The summed E-state index contributed by atoms with van der Waals surface area (Å²) in [4.78, 5) is 14.5. The summed E-state index contributed by atoms with van der Waals surface area (Å²) in [6.45, 7) is 4.06. The molecule has 1 aliphatic carbocycles. The zero-order valence-corrected chi connectivity index (χ0v) is 8.71. The quantitative estimate of drug-likeness (QED) is 0.688. The van der Waals surface area contributed by atoms with Gasteiger partial charge in [0.1, 0.15) is 0 Å². The van der Waals surface area contributed by atoms with E-state index in [9.17, 15) is 4.79 Å². The molecule has 78 valence electrons. The molecule has 0 radical (unpaired) electrons. The Balaban J connectivity index is 2.49. The maximum atomic E-state index is 11.6.